The number of ether oxygens (including phenoxy) is 1. The second kappa shape index (κ2) is 6.36. The molecule has 0 aliphatic rings. The molecule has 0 aromatic heterocycles. The van der Waals surface area contributed by atoms with E-state index >= 15 is 0 Å². The Morgan fingerprint density at radius 3 is 2.37 bits per heavy atom. The quantitative estimate of drug-likeness (QED) is 0.864. The molecule has 2 aromatic rings. The first kappa shape index (κ1) is 13.6. The van der Waals surface area contributed by atoms with E-state index in [4.69, 9.17) is 10.5 Å². The molecule has 0 saturated carbocycles. The molecule has 0 heterocycles. The number of para-hydroxylation sites is 1. The third-order valence-corrected chi connectivity index (χ3v) is 3.20. The van der Waals surface area contributed by atoms with Gasteiger partial charge in [-0.2, -0.15) is 0 Å². The predicted octanol–water partition coefficient (Wildman–Crippen LogP) is 2.30. The molecule has 19 heavy (non-hydrogen) atoms. The van der Waals surface area contributed by atoms with Crippen molar-refractivity contribution in [2.75, 3.05) is 7.11 Å². The van der Waals surface area contributed by atoms with Gasteiger partial charge in [0, 0.05) is 12.0 Å². The highest BCUT2D eigenvalue weighted by Crippen LogP contribution is 2.26. The minimum Gasteiger partial charge on any atom is -0.496 e. The summed E-state index contributed by atoms with van der Waals surface area (Å²) in [6.07, 6.45) is -0.112. The molecule has 100 valence electrons. The highest BCUT2D eigenvalue weighted by Gasteiger charge is 2.20. The highest BCUT2D eigenvalue weighted by atomic mass is 16.5. The van der Waals surface area contributed by atoms with E-state index in [1.807, 2.05) is 54.6 Å². The first-order valence-electron chi connectivity index (χ1n) is 6.33. The summed E-state index contributed by atoms with van der Waals surface area (Å²) >= 11 is 0. The zero-order chi connectivity index (χ0) is 13.7. The van der Waals surface area contributed by atoms with Crippen LogP contribution in [-0.2, 0) is 6.42 Å². The normalized spacial score (nSPS) is 13.8. The van der Waals surface area contributed by atoms with E-state index in [9.17, 15) is 5.11 Å². The summed E-state index contributed by atoms with van der Waals surface area (Å²) in [6.45, 7) is 0. The first-order chi connectivity index (χ1) is 9.22. The summed E-state index contributed by atoms with van der Waals surface area (Å²) in [7, 11) is 1.61. The van der Waals surface area contributed by atoms with Crippen molar-refractivity contribution in [3.8, 4) is 5.75 Å². The molecule has 0 bridgehead atoms. The maximum absolute atomic E-state index is 10.3. The molecule has 2 rings (SSSR count). The molecular formula is C16H19NO2. The Labute approximate surface area is 113 Å². The minimum atomic E-state index is -0.640. The predicted molar refractivity (Wildman–Crippen MR) is 76.1 cm³/mol. The topological polar surface area (TPSA) is 55.5 Å². The lowest BCUT2D eigenvalue weighted by molar-refractivity contribution is 0.143. The van der Waals surface area contributed by atoms with Crippen LogP contribution in [0.15, 0.2) is 54.6 Å². The molecule has 0 fully saturated rings. The van der Waals surface area contributed by atoms with Crippen molar-refractivity contribution in [3.63, 3.8) is 0 Å². The maximum Gasteiger partial charge on any atom is 0.123 e. The Balaban J connectivity index is 2.12. The largest absolute Gasteiger partial charge is 0.496 e. The van der Waals surface area contributed by atoms with Gasteiger partial charge in [0.25, 0.3) is 0 Å². The van der Waals surface area contributed by atoms with E-state index < -0.39 is 12.1 Å². The van der Waals surface area contributed by atoms with Crippen LogP contribution in [0.25, 0.3) is 0 Å². The van der Waals surface area contributed by atoms with Crippen molar-refractivity contribution in [1.29, 1.82) is 0 Å². The molecule has 0 saturated heterocycles. The van der Waals surface area contributed by atoms with Crippen molar-refractivity contribution in [2.45, 2.75) is 18.6 Å². The molecule has 3 N–H and O–H groups in total. The number of aliphatic hydroxyl groups excluding tert-OH is 1. The van der Waals surface area contributed by atoms with Crippen LogP contribution < -0.4 is 10.5 Å². The number of hydrogen-bond donors (Lipinski definition) is 2. The Morgan fingerprint density at radius 2 is 1.68 bits per heavy atom. The molecular weight excluding hydrogens is 238 g/mol. The van der Waals surface area contributed by atoms with Crippen molar-refractivity contribution in [2.24, 2.45) is 5.73 Å². The van der Waals surface area contributed by atoms with E-state index in [1.165, 1.54) is 0 Å². The van der Waals surface area contributed by atoms with Gasteiger partial charge in [0.2, 0.25) is 0 Å². The average Bonchev–Trinajstić information content (AvgIpc) is 2.47. The summed E-state index contributed by atoms with van der Waals surface area (Å²) in [4.78, 5) is 0. The van der Waals surface area contributed by atoms with E-state index in [0.29, 0.717) is 12.2 Å². The van der Waals surface area contributed by atoms with E-state index in [1.54, 1.807) is 7.11 Å². The molecule has 0 aliphatic heterocycles. The summed E-state index contributed by atoms with van der Waals surface area (Å²) < 4.78 is 5.28. The fourth-order valence-electron chi connectivity index (χ4n) is 2.13. The second-order valence-corrected chi connectivity index (χ2v) is 4.52. The lowest BCUT2D eigenvalue weighted by atomic mass is 9.96. The molecule has 2 aromatic carbocycles. The maximum atomic E-state index is 10.3. The number of benzene rings is 2. The zero-order valence-corrected chi connectivity index (χ0v) is 11.0. The number of aliphatic hydroxyl groups is 1. The van der Waals surface area contributed by atoms with E-state index in [2.05, 4.69) is 0 Å². The molecule has 0 amide bonds. The van der Waals surface area contributed by atoms with Gasteiger partial charge in [-0.15, -0.1) is 0 Å². The van der Waals surface area contributed by atoms with E-state index in [0.717, 1.165) is 11.1 Å². The van der Waals surface area contributed by atoms with Gasteiger partial charge in [0.05, 0.1) is 19.3 Å². The van der Waals surface area contributed by atoms with Crippen LogP contribution >= 0.6 is 0 Å². The lowest BCUT2D eigenvalue weighted by Gasteiger charge is -2.21. The minimum absolute atomic E-state index is 0.462. The van der Waals surface area contributed by atoms with Crippen LogP contribution in [-0.4, -0.2) is 18.3 Å². The fourth-order valence-corrected chi connectivity index (χ4v) is 2.13. The molecule has 0 radical (unpaired) electrons. The highest BCUT2D eigenvalue weighted by molar-refractivity contribution is 5.36. The van der Waals surface area contributed by atoms with Crippen molar-refractivity contribution >= 4 is 0 Å². The third kappa shape index (κ3) is 3.34. The lowest BCUT2D eigenvalue weighted by Crippen LogP contribution is -2.28. The van der Waals surface area contributed by atoms with Gasteiger partial charge in [-0.3, -0.25) is 0 Å². The number of methoxy groups -OCH3 is 1. The van der Waals surface area contributed by atoms with Gasteiger partial charge in [-0.05, 0) is 11.6 Å². The molecule has 0 unspecified atom stereocenters. The van der Waals surface area contributed by atoms with Gasteiger partial charge in [0.15, 0.2) is 0 Å². The van der Waals surface area contributed by atoms with Gasteiger partial charge < -0.3 is 15.6 Å². The number of hydrogen-bond acceptors (Lipinski definition) is 3. The van der Waals surface area contributed by atoms with Crippen molar-refractivity contribution in [1.82, 2.24) is 0 Å². The molecule has 2 atom stereocenters. The Morgan fingerprint density at radius 1 is 1.05 bits per heavy atom. The second-order valence-electron chi connectivity index (χ2n) is 4.52. The molecule has 0 aliphatic carbocycles. The molecule has 3 nitrogen and oxygen atoms in total. The van der Waals surface area contributed by atoms with Crippen LogP contribution in [0.2, 0.25) is 0 Å². The van der Waals surface area contributed by atoms with Crippen LogP contribution in [0.1, 0.15) is 17.2 Å². The number of rotatable bonds is 5. The average molecular weight is 257 g/mol. The van der Waals surface area contributed by atoms with Gasteiger partial charge >= 0.3 is 0 Å². The van der Waals surface area contributed by atoms with Crippen LogP contribution in [0.3, 0.4) is 0 Å². The Kier molecular flexibility index (Phi) is 4.55. The Hall–Kier alpha value is -1.84. The van der Waals surface area contributed by atoms with Crippen molar-refractivity contribution in [3.05, 3.63) is 65.7 Å². The summed E-state index contributed by atoms with van der Waals surface area (Å²) in [6, 6.07) is 16.9. The zero-order valence-electron chi connectivity index (χ0n) is 11.0. The fraction of sp³-hybridized carbons (Fsp3) is 0.250. The van der Waals surface area contributed by atoms with Gasteiger partial charge in [-0.25, -0.2) is 0 Å². The SMILES string of the molecule is COc1ccccc1[C@H](N)[C@H](O)Cc1ccccc1. The standard InChI is InChI=1S/C16H19NO2/c1-19-15-10-6-5-9-13(15)16(17)14(18)11-12-7-3-2-4-8-12/h2-10,14,16,18H,11,17H2,1H3/t14-,16+/m1/s1. The number of nitrogens with two attached hydrogens (primary N) is 1. The van der Waals surface area contributed by atoms with Crippen LogP contribution in [0.4, 0.5) is 0 Å². The van der Waals surface area contributed by atoms with Crippen molar-refractivity contribution < 1.29 is 9.84 Å². The summed E-state index contributed by atoms with van der Waals surface area (Å²) in [5.74, 6) is 0.710. The third-order valence-electron chi connectivity index (χ3n) is 3.20. The molecule has 3 heteroatoms. The first-order valence-corrected chi connectivity index (χ1v) is 6.33. The molecule has 0 spiro atoms. The van der Waals surface area contributed by atoms with Gasteiger partial charge in [0.1, 0.15) is 5.75 Å². The van der Waals surface area contributed by atoms with Crippen LogP contribution in [0, 0.1) is 0 Å². The van der Waals surface area contributed by atoms with Crippen LogP contribution in [0.5, 0.6) is 5.75 Å². The monoisotopic (exact) mass is 257 g/mol. The van der Waals surface area contributed by atoms with E-state index in [-0.39, 0.29) is 0 Å². The summed E-state index contributed by atoms with van der Waals surface area (Å²) in [5.41, 5.74) is 8.03. The van der Waals surface area contributed by atoms with Gasteiger partial charge in [-0.1, -0.05) is 48.5 Å². The smallest absolute Gasteiger partial charge is 0.123 e. The Bertz CT molecular complexity index is 513. The summed E-state index contributed by atoms with van der Waals surface area (Å²) in [5, 5.41) is 10.3.